The Bertz CT molecular complexity index is 971. The number of nitrogens with one attached hydrogen (secondary N) is 1. The number of carbonyl (C=O) groups is 3. The van der Waals surface area contributed by atoms with Gasteiger partial charge in [-0.15, -0.1) is 0 Å². The van der Waals surface area contributed by atoms with Crippen LogP contribution in [0, 0.1) is 17.8 Å². The van der Waals surface area contributed by atoms with Crippen LogP contribution < -0.4 is 15.0 Å². The van der Waals surface area contributed by atoms with Gasteiger partial charge in [0.25, 0.3) is 5.91 Å². The van der Waals surface area contributed by atoms with Crippen molar-refractivity contribution < 1.29 is 19.1 Å². The van der Waals surface area contributed by atoms with Crippen molar-refractivity contribution in [1.29, 1.82) is 0 Å². The first kappa shape index (κ1) is 19.2. The van der Waals surface area contributed by atoms with Crippen LogP contribution in [0.15, 0.2) is 48.5 Å². The number of hydrogen-bond acceptors (Lipinski definition) is 4. The van der Waals surface area contributed by atoms with Gasteiger partial charge in [0.1, 0.15) is 5.75 Å². The summed E-state index contributed by atoms with van der Waals surface area (Å²) in [5.41, 5.74) is 1.45. The maximum atomic E-state index is 12.9. The van der Waals surface area contributed by atoms with Gasteiger partial charge in [-0.1, -0.05) is 19.1 Å². The highest BCUT2D eigenvalue weighted by molar-refractivity contribution is 6.22. The van der Waals surface area contributed by atoms with E-state index in [9.17, 15) is 14.4 Å². The van der Waals surface area contributed by atoms with Crippen LogP contribution in [0.4, 0.5) is 11.4 Å². The molecule has 0 radical (unpaired) electrons. The smallest absolute Gasteiger partial charge is 0.255 e. The van der Waals surface area contributed by atoms with E-state index in [1.54, 1.807) is 55.6 Å². The van der Waals surface area contributed by atoms with Crippen molar-refractivity contribution in [1.82, 2.24) is 0 Å². The van der Waals surface area contributed by atoms with Crippen molar-refractivity contribution in [3.63, 3.8) is 0 Å². The second kappa shape index (κ2) is 7.70. The number of hydrogen-bond donors (Lipinski definition) is 1. The van der Waals surface area contributed by atoms with Crippen molar-refractivity contribution in [2.75, 3.05) is 17.3 Å². The van der Waals surface area contributed by atoms with Crippen molar-refractivity contribution in [3.8, 4) is 5.75 Å². The molecule has 2 fully saturated rings. The maximum absolute atomic E-state index is 12.9. The molecule has 4 rings (SSSR count). The largest absolute Gasteiger partial charge is 0.497 e. The molecule has 0 bridgehead atoms. The summed E-state index contributed by atoms with van der Waals surface area (Å²) in [7, 11) is 1.56. The molecule has 150 valence electrons. The Morgan fingerprint density at radius 1 is 1.03 bits per heavy atom. The third-order valence-electron chi connectivity index (χ3n) is 5.88. The van der Waals surface area contributed by atoms with Gasteiger partial charge in [0.15, 0.2) is 0 Å². The molecule has 3 atom stereocenters. The number of nitrogens with zero attached hydrogens (tertiary/aromatic N) is 1. The molecule has 0 aromatic heterocycles. The van der Waals surface area contributed by atoms with Crippen LogP contribution in [0.2, 0.25) is 0 Å². The van der Waals surface area contributed by atoms with Crippen molar-refractivity contribution >= 4 is 29.1 Å². The lowest BCUT2D eigenvalue weighted by atomic mass is 9.76. The molecular formula is C23H24N2O4. The topological polar surface area (TPSA) is 75.7 Å². The minimum atomic E-state index is -0.315. The molecule has 0 spiro atoms. The van der Waals surface area contributed by atoms with Crippen molar-refractivity contribution in [3.05, 3.63) is 54.1 Å². The fraction of sp³-hybridized carbons (Fsp3) is 0.348. The second-order valence-electron chi connectivity index (χ2n) is 7.88. The van der Waals surface area contributed by atoms with Crippen LogP contribution >= 0.6 is 0 Å². The summed E-state index contributed by atoms with van der Waals surface area (Å²) in [4.78, 5) is 39.8. The summed E-state index contributed by atoms with van der Waals surface area (Å²) >= 11 is 0. The average molecular weight is 392 g/mol. The molecule has 1 saturated carbocycles. The molecule has 3 amide bonds. The SMILES string of the molecule is COc1cccc(NC(=O)c2cccc(N3C(=O)[C@H]4C[C@@H](C)CC[C@H]4C3=O)c2)c1. The third kappa shape index (κ3) is 3.62. The van der Waals surface area contributed by atoms with Crippen molar-refractivity contribution in [2.45, 2.75) is 26.2 Å². The molecule has 1 N–H and O–H groups in total. The van der Waals surface area contributed by atoms with E-state index in [2.05, 4.69) is 12.2 Å². The lowest BCUT2D eigenvalue weighted by Gasteiger charge is -2.25. The molecule has 0 unspecified atom stereocenters. The number of rotatable bonds is 4. The van der Waals surface area contributed by atoms with Crippen LogP contribution in [0.1, 0.15) is 36.5 Å². The minimum absolute atomic E-state index is 0.141. The highest BCUT2D eigenvalue weighted by Crippen LogP contribution is 2.42. The quantitative estimate of drug-likeness (QED) is 0.802. The zero-order valence-corrected chi connectivity index (χ0v) is 16.6. The van der Waals surface area contributed by atoms with Gasteiger partial charge in [-0.3, -0.25) is 19.3 Å². The predicted octanol–water partition coefficient (Wildman–Crippen LogP) is 3.87. The highest BCUT2D eigenvalue weighted by Gasteiger charge is 2.50. The summed E-state index contributed by atoms with van der Waals surface area (Å²) in [5, 5.41) is 2.82. The van der Waals surface area contributed by atoms with Gasteiger partial charge >= 0.3 is 0 Å². The number of carbonyl (C=O) groups excluding carboxylic acids is 3. The molecule has 1 heterocycles. The molecule has 2 aromatic rings. The average Bonchev–Trinajstić information content (AvgIpc) is 2.98. The molecule has 6 nitrogen and oxygen atoms in total. The molecule has 2 aliphatic rings. The number of amides is 3. The number of imide groups is 1. The summed E-state index contributed by atoms with van der Waals surface area (Å²) in [6, 6.07) is 13.7. The van der Waals surface area contributed by atoms with Gasteiger partial charge in [0, 0.05) is 17.3 Å². The van der Waals surface area contributed by atoms with E-state index in [4.69, 9.17) is 4.74 Å². The fourth-order valence-corrected chi connectivity index (χ4v) is 4.33. The Morgan fingerprint density at radius 2 is 1.79 bits per heavy atom. The second-order valence-corrected chi connectivity index (χ2v) is 7.88. The van der Waals surface area contributed by atoms with Crippen LogP contribution in [0.25, 0.3) is 0 Å². The zero-order valence-electron chi connectivity index (χ0n) is 16.6. The Balaban J connectivity index is 1.56. The van der Waals surface area contributed by atoms with E-state index >= 15 is 0 Å². The van der Waals surface area contributed by atoms with Crippen LogP contribution in [0.5, 0.6) is 5.75 Å². The first-order chi connectivity index (χ1) is 14.0. The zero-order chi connectivity index (χ0) is 20.5. The fourth-order valence-electron chi connectivity index (χ4n) is 4.33. The number of benzene rings is 2. The number of anilines is 2. The number of methoxy groups -OCH3 is 1. The Morgan fingerprint density at radius 3 is 2.59 bits per heavy atom. The number of ether oxygens (including phenoxy) is 1. The molecule has 1 saturated heterocycles. The third-order valence-corrected chi connectivity index (χ3v) is 5.88. The lowest BCUT2D eigenvalue weighted by Crippen LogP contribution is -2.31. The van der Waals surface area contributed by atoms with Crippen LogP contribution in [-0.2, 0) is 9.59 Å². The van der Waals surface area contributed by atoms with Gasteiger partial charge in [-0.2, -0.15) is 0 Å². The highest BCUT2D eigenvalue weighted by atomic mass is 16.5. The van der Waals surface area contributed by atoms with E-state index in [-0.39, 0.29) is 29.6 Å². The summed E-state index contributed by atoms with van der Waals surface area (Å²) in [5.74, 6) is 0.0300. The standard InChI is InChI=1S/C23H24N2O4/c1-14-9-10-19-20(11-14)23(28)25(22(19)27)17-7-3-5-15(12-17)21(26)24-16-6-4-8-18(13-16)29-2/h3-8,12-14,19-20H,9-11H2,1-2H3,(H,24,26)/t14-,19+,20-/m0/s1. The van der Waals surface area contributed by atoms with Gasteiger partial charge in [0.2, 0.25) is 11.8 Å². The molecule has 2 aromatic carbocycles. The van der Waals surface area contributed by atoms with E-state index in [0.717, 1.165) is 19.3 Å². The Kier molecular flexibility index (Phi) is 5.09. The molecule has 29 heavy (non-hydrogen) atoms. The summed E-state index contributed by atoms with van der Waals surface area (Å²) < 4.78 is 5.17. The van der Waals surface area contributed by atoms with Crippen LogP contribution in [0.3, 0.4) is 0 Å². The van der Waals surface area contributed by atoms with E-state index in [0.29, 0.717) is 28.6 Å². The lowest BCUT2D eigenvalue weighted by molar-refractivity contribution is -0.122. The Hall–Kier alpha value is -3.15. The molecule has 1 aliphatic carbocycles. The molecular weight excluding hydrogens is 368 g/mol. The molecule has 1 aliphatic heterocycles. The summed E-state index contributed by atoms with van der Waals surface area (Å²) in [6.45, 7) is 2.13. The van der Waals surface area contributed by atoms with Gasteiger partial charge < -0.3 is 10.1 Å². The predicted molar refractivity (Wildman–Crippen MR) is 110 cm³/mol. The van der Waals surface area contributed by atoms with E-state index < -0.39 is 0 Å². The minimum Gasteiger partial charge on any atom is -0.497 e. The van der Waals surface area contributed by atoms with Gasteiger partial charge in [-0.25, -0.2) is 0 Å². The maximum Gasteiger partial charge on any atom is 0.255 e. The molecule has 6 heteroatoms. The van der Waals surface area contributed by atoms with Gasteiger partial charge in [0.05, 0.1) is 24.6 Å². The summed E-state index contributed by atoms with van der Waals surface area (Å²) in [6.07, 6.45) is 2.47. The van der Waals surface area contributed by atoms with Crippen LogP contribution in [-0.4, -0.2) is 24.8 Å². The first-order valence-electron chi connectivity index (χ1n) is 9.91. The monoisotopic (exact) mass is 392 g/mol. The van der Waals surface area contributed by atoms with E-state index in [1.807, 2.05) is 0 Å². The normalized spacial score (nSPS) is 23.7. The van der Waals surface area contributed by atoms with Gasteiger partial charge in [-0.05, 0) is 55.5 Å². The van der Waals surface area contributed by atoms with E-state index in [1.165, 1.54) is 4.90 Å². The van der Waals surface area contributed by atoms with Crippen molar-refractivity contribution in [2.24, 2.45) is 17.8 Å². The Labute approximate surface area is 169 Å². The number of fused-ring (bicyclic) bond motifs is 1. The first-order valence-corrected chi connectivity index (χ1v) is 9.91.